The van der Waals surface area contributed by atoms with Gasteiger partial charge >= 0.3 is 0 Å². The summed E-state index contributed by atoms with van der Waals surface area (Å²) in [5.41, 5.74) is 1.89. The lowest BCUT2D eigenvalue weighted by molar-refractivity contribution is 0.872. The van der Waals surface area contributed by atoms with Crippen molar-refractivity contribution in [3.05, 3.63) is 18.0 Å². The van der Waals surface area contributed by atoms with E-state index in [1.165, 1.54) is 0 Å². The topological polar surface area (TPSA) is 34.0 Å². The van der Waals surface area contributed by atoms with E-state index in [-0.39, 0.29) is 0 Å². The Kier molecular flexibility index (Phi) is 1.91. The van der Waals surface area contributed by atoms with Crippen LogP contribution >= 0.6 is 0 Å². The summed E-state index contributed by atoms with van der Waals surface area (Å²) in [5.74, 6) is 1.95. The van der Waals surface area contributed by atoms with Gasteiger partial charge in [0.1, 0.15) is 17.2 Å². The predicted molar refractivity (Wildman–Crippen MR) is 57.6 cm³/mol. The number of imidazole rings is 1. The Hall–Kier alpha value is -1.58. The van der Waals surface area contributed by atoms with Gasteiger partial charge in [-0.2, -0.15) is 0 Å². The average molecular weight is 190 g/mol. The van der Waals surface area contributed by atoms with Crippen LogP contribution in [0.3, 0.4) is 0 Å². The van der Waals surface area contributed by atoms with Crippen molar-refractivity contribution in [2.75, 3.05) is 19.0 Å². The van der Waals surface area contributed by atoms with Crippen molar-refractivity contribution in [2.45, 2.75) is 6.92 Å². The van der Waals surface area contributed by atoms with Crippen LogP contribution in [0.15, 0.2) is 12.1 Å². The van der Waals surface area contributed by atoms with Gasteiger partial charge in [0.25, 0.3) is 0 Å². The lowest BCUT2D eigenvalue weighted by atomic mass is 10.4. The second-order valence-corrected chi connectivity index (χ2v) is 3.62. The zero-order valence-corrected chi connectivity index (χ0v) is 8.94. The lowest BCUT2D eigenvalue weighted by Crippen LogP contribution is -2.10. The Morgan fingerprint density at radius 3 is 2.57 bits per heavy atom. The minimum absolute atomic E-state index is 0.939. The molecule has 0 aliphatic heterocycles. The predicted octanol–water partition coefficient (Wildman–Crippen LogP) is 1.34. The molecule has 0 aliphatic rings. The Labute approximate surface area is 83.2 Å². The van der Waals surface area contributed by atoms with Crippen molar-refractivity contribution in [1.29, 1.82) is 0 Å². The molecule has 0 N–H and O–H groups in total. The number of hydrogen-bond donors (Lipinski definition) is 0. The second-order valence-electron chi connectivity index (χ2n) is 3.62. The minimum Gasteiger partial charge on any atom is -0.363 e. The third kappa shape index (κ3) is 1.23. The largest absolute Gasteiger partial charge is 0.363 e. The van der Waals surface area contributed by atoms with E-state index in [1.54, 1.807) is 0 Å². The highest BCUT2D eigenvalue weighted by Crippen LogP contribution is 2.16. The van der Waals surface area contributed by atoms with Crippen molar-refractivity contribution in [1.82, 2.24) is 14.5 Å². The summed E-state index contributed by atoms with van der Waals surface area (Å²) < 4.78 is 2.00. The first kappa shape index (κ1) is 8.99. The molecule has 4 nitrogen and oxygen atoms in total. The van der Waals surface area contributed by atoms with Gasteiger partial charge in [-0.05, 0) is 19.1 Å². The number of aromatic nitrogens is 3. The van der Waals surface area contributed by atoms with Crippen molar-refractivity contribution < 1.29 is 0 Å². The van der Waals surface area contributed by atoms with E-state index in [0.29, 0.717) is 0 Å². The molecule has 0 aromatic carbocycles. The summed E-state index contributed by atoms with van der Waals surface area (Å²) in [4.78, 5) is 10.9. The van der Waals surface area contributed by atoms with Crippen LogP contribution in [0.5, 0.6) is 0 Å². The summed E-state index contributed by atoms with van der Waals surface area (Å²) >= 11 is 0. The third-order valence-electron chi connectivity index (χ3n) is 2.38. The molecule has 0 spiro atoms. The Bertz CT molecular complexity index is 470. The fourth-order valence-electron chi connectivity index (χ4n) is 1.42. The summed E-state index contributed by atoms with van der Waals surface area (Å²) in [6, 6.07) is 3.99. The molecule has 74 valence electrons. The molecule has 2 heterocycles. The standard InChI is InChI=1S/C10H14N4/c1-7-11-8-5-6-9(13(2)3)12-10(8)14(7)4/h5-6H,1-4H3. The van der Waals surface area contributed by atoms with Crippen molar-refractivity contribution in [2.24, 2.45) is 7.05 Å². The van der Waals surface area contributed by atoms with E-state index in [1.807, 2.05) is 49.7 Å². The van der Waals surface area contributed by atoms with Gasteiger partial charge in [0, 0.05) is 21.1 Å². The first-order valence-corrected chi connectivity index (χ1v) is 4.57. The molecule has 0 atom stereocenters. The first-order valence-electron chi connectivity index (χ1n) is 4.57. The van der Waals surface area contributed by atoms with Crippen LogP contribution in [0, 0.1) is 6.92 Å². The molecule has 0 aliphatic carbocycles. The van der Waals surface area contributed by atoms with E-state index < -0.39 is 0 Å². The molecule has 2 aromatic heterocycles. The highest BCUT2D eigenvalue weighted by molar-refractivity contribution is 5.73. The normalized spacial score (nSPS) is 10.9. The highest BCUT2D eigenvalue weighted by Gasteiger charge is 2.06. The van der Waals surface area contributed by atoms with Gasteiger partial charge in [0.2, 0.25) is 0 Å². The number of fused-ring (bicyclic) bond motifs is 1. The van der Waals surface area contributed by atoms with E-state index >= 15 is 0 Å². The summed E-state index contributed by atoms with van der Waals surface area (Å²) in [6.45, 7) is 1.98. The van der Waals surface area contributed by atoms with Crippen LogP contribution in [0.4, 0.5) is 5.82 Å². The highest BCUT2D eigenvalue weighted by atomic mass is 15.2. The summed E-state index contributed by atoms with van der Waals surface area (Å²) in [5, 5.41) is 0. The number of rotatable bonds is 1. The van der Waals surface area contributed by atoms with Gasteiger partial charge in [-0.1, -0.05) is 0 Å². The van der Waals surface area contributed by atoms with E-state index in [2.05, 4.69) is 9.97 Å². The summed E-state index contributed by atoms with van der Waals surface area (Å²) in [6.07, 6.45) is 0. The molecule has 2 aromatic rings. The smallest absolute Gasteiger partial charge is 0.162 e. The second kappa shape index (κ2) is 2.97. The van der Waals surface area contributed by atoms with Crippen LogP contribution in [-0.2, 0) is 7.05 Å². The van der Waals surface area contributed by atoms with Gasteiger partial charge in [0.05, 0.1) is 0 Å². The molecule has 0 radical (unpaired) electrons. The van der Waals surface area contributed by atoms with E-state index in [0.717, 1.165) is 22.8 Å². The van der Waals surface area contributed by atoms with Crippen LogP contribution in [0.2, 0.25) is 0 Å². The van der Waals surface area contributed by atoms with Crippen molar-refractivity contribution in [3.8, 4) is 0 Å². The van der Waals surface area contributed by atoms with Gasteiger partial charge in [-0.25, -0.2) is 9.97 Å². The molecule has 4 heteroatoms. The summed E-state index contributed by atoms with van der Waals surface area (Å²) in [7, 11) is 5.95. The monoisotopic (exact) mass is 190 g/mol. The minimum atomic E-state index is 0.939. The first-order chi connectivity index (χ1) is 6.59. The number of aryl methyl sites for hydroxylation is 2. The van der Waals surface area contributed by atoms with Crippen LogP contribution in [0.1, 0.15) is 5.82 Å². The fourth-order valence-corrected chi connectivity index (χ4v) is 1.42. The third-order valence-corrected chi connectivity index (χ3v) is 2.38. The molecule has 0 unspecified atom stereocenters. The molecule has 0 amide bonds. The molecule has 0 bridgehead atoms. The van der Waals surface area contributed by atoms with Crippen molar-refractivity contribution in [3.63, 3.8) is 0 Å². The number of nitrogens with zero attached hydrogens (tertiary/aromatic N) is 4. The molecule has 0 saturated heterocycles. The number of pyridine rings is 1. The number of anilines is 1. The molecular weight excluding hydrogens is 176 g/mol. The fraction of sp³-hybridized carbons (Fsp3) is 0.400. The maximum Gasteiger partial charge on any atom is 0.162 e. The molecule has 2 rings (SSSR count). The molecule has 0 saturated carbocycles. The van der Waals surface area contributed by atoms with Crippen LogP contribution < -0.4 is 4.90 Å². The van der Waals surface area contributed by atoms with Gasteiger partial charge in [-0.3, -0.25) is 0 Å². The van der Waals surface area contributed by atoms with Gasteiger partial charge in [-0.15, -0.1) is 0 Å². The maximum absolute atomic E-state index is 4.52. The SMILES string of the molecule is Cc1nc2ccc(N(C)C)nc2n1C. The maximum atomic E-state index is 4.52. The molecule has 14 heavy (non-hydrogen) atoms. The average Bonchev–Trinajstić information content (AvgIpc) is 2.43. The molecule has 0 fully saturated rings. The zero-order valence-electron chi connectivity index (χ0n) is 8.94. The number of hydrogen-bond acceptors (Lipinski definition) is 3. The molecular formula is C10H14N4. The Morgan fingerprint density at radius 1 is 1.21 bits per heavy atom. The van der Waals surface area contributed by atoms with Crippen LogP contribution in [0.25, 0.3) is 11.2 Å². The van der Waals surface area contributed by atoms with E-state index in [4.69, 9.17) is 0 Å². The quantitative estimate of drug-likeness (QED) is 0.680. The van der Waals surface area contributed by atoms with Crippen LogP contribution in [-0.4, -0.2) is 28.6 Å². The van der Waals surface area contributed by atoms with Crippen molar-refractivity contribution >= 4 is 17.0 Å². The van der Waals surface area contributed by atoms with Gasteiger partial charge in [0.15, 0.2) is 5.65 Å². The van der Waals surface area contributed by atoms with E-state index in [9.17, 15) is 0 Å². The van der Waals surface area contributed by atoms with Gasteiger partial charge < -0.3 is 9.47 Å². The Balaban J connectivity index is 2.69. The Morgan fingerprint density at radius 2 is 1.93 bits per heavy atom. The lowest BCUT2D eigenvalue weighted by Gasteiger charge is -2.10. The zero-order chi connectivity index (χ0) is 10.3.